The van der Waals surface area contributed by atoms with E-state index in [0.717, 1.165) is 12.5 Å². The van der Waals surface area contributed by atoms with E-state index in [2.05, 4.69) is 40.8 Å². The Labute approximate surface area is 104 Å². The first-order valence-corrected chi connectivity index (χ1v) is 7.16. The van der Waals surface area contributed by atoms with Crippen LogP contribution in [0.2, 0.25) is 33.1 Å². The molecule has 0 spiro atoms. The smallest absolute Gasteiger partial charge is 0.109 e. The van der Waals surface area contributed by atoms with Gasteiger partial charge in [0.2, 0.25) is 0 Å². The van der Waals surface area contributed by atoms with Gasteiger partial charge >= 0.3 is 0 Å². The van der Waals surface area contributed by atoms with Crippen LogP contribution in [-0.2, 0) is 0 Å². The maximum Gasteiger partial charge on any atom is 0.163 e. The Morgan fingerprint density at radius 3 is 2.12 bits per heavy atom. The Bertz CT molecular complexity index is 185. The average Bonchev–Trinajstić information content (AvgIpc) is 2.21. The minimum atomic E-state index is 0.650. The van der Waals surface area contributed by atoms with Crippen molar-refractivity contribution in [3.8, 4) is 0 Å². The standard InChI is InChI=1S/C14H30B2/c1-7-8-9-10-11-14(16(5)6)12-13(2)15(3)4/h14H,2,7-12H2,1,3-6H3. The highest BCUT2D eigenvalue weighted by Gasteiger charge is 2.18. The van der Waals surface area contributed by atoms with Crippen LogP contribution in [0.4, 0.5) is 0 Å². The molecule has 0 fully saturated rings. The highest BCUT2D eigenvalue weighted by Crippen LogP contribution is 2.27. The summed E-state index contributed by atoms with van der Waals surface area (Å²) in [6.45, 7) is 17.2. The molecule has 0 aliphatic heterocycles. The largest absolute Gasteiger partial charge is 0.163 e. The van der Waals surface area contributed by atoms with Crippen molar-refractivity contribution in [2.24, 2.45) is 0 Å². The second-order valence-electron chi connectivity index (χ2n) is 5.87. The molecule has 92 valence electrons. The van der Waals surface area contributed by atoms with Crippen LogP contribution in [0, 0.1) is 0 Å². The summed E-state index contributed by atoms with van der Waals surface area (Å²) < 4.78 is 0. The number of hydrogen-bond donors (Lipinski definition) is 0. The molecule has 0 rings (SSSR count). The summed E-state index contributed by atoms with van der Waals surface area (Å²) in [6, 6.07) is 0. The van der Waals surface area contributed by atoms with Crippen LogP contribution in [0.15, 0.2) is 12.1 Å². The summed E-state index contributed by atoms with van der Waals surface area (Å²) in [5.41, 5.74) is 1.44. The van der Waals surface area contributed by atoms with Gasteiger partial charge < -0.3 is 0 Å². The van der Waals surface area contributed by atoms with Crippen LogP contribution in [0.3, 0.4) is 0 Å². The van der Waals surface area contributed by atoms with E-state index in [1.807, 2.05) is 0 Å². The van der Waals surface area contributed by atoms with Crippen molar-refractivity contribution in [1.82, 2.24) is 0 Å². The van der Waals surface area contributed by atoms with Crippen LogP contribution in [-0.4, -0.2) is 13.4 Å². The van der Waals surface area contributed by atoms with Crippen LogP contribution in [0.5, 0.6) is 0 Å². The number of unbranched alkanes of at least 4 members (excludes halogenated alkanes) is 3. The molecule has 0 nitrogen and oxygen atoms in total. The summed E-state index contributed by atoms with van der Waals surface area (Å²) in [6.07, 6.45) is 8.18. The Hall–Kier alpha value is -0.130. The van der Waals surface area contributed by atoms with Crippen molar-refractivity contribution in [3.63, 3.8) is 0 Å². The predicted molar refractivity (Wildman–Crippen MR) is 81.2 cm³/mol. The zero-order valence-corrected chi connectivity index (χ0v) is 12.2. The van der Waals surface area contributed by atoms with Crippen molar-refractivity contribution in [2.45, 2.75) is 78.6 Å². The van der Waals surface area contributed by atoms with Crippen molar-refractivity contribution in [2.75, 3.05) is 0 Å². The van der Waals surface area contributed by atoms with E-state index < -0.39 is 0 Å². The molecule has 0 aromatic carbocycles. The lowest BCUT2D eigenvalue weighted by molar-refractivity contribution is 0.604. The molecule has 0 amide bonds. The third kappa shape index (κ3) is 7.19. The van der Waals surface area contributed by atoms with Gasteiger partial charge in [-0.3, -0.25) is 0 Å². The van der Waals surface area contributed by atoms with Gasteiger partial charge in [0.15, 0.2) is 6.71 Å². The van der Waals surface area contributed by atoms with Gasteiger partial charge in [0.1, 0.15) is 6.71 Å². The SMILES string of the molecule is C=C(CC(CCCCCC)B(C)C)B(C)C. The van der Waals surface area contributed by atoms with Crippen molar-refractivity contribution >= 4 is 13.4 Å². The molecule has 0 saturated carbocycles. The van der Waals surface area contributed by atoms with Crippen LogP contribution in [0.25, 0.3) is 0 Å². The quantitative estimate of drug-likeness (QED) is 0.364. The summed E-state index contributed by atoms with van der Waals surface area (Å²) in [5.74, 6) is 0.853. The molecule has 0 aliphatic carbocycles. The Kier molecular flexibility index (Phi) is 8.89. The Balaban J connectivity index is 3.93. The summed E-state index contributed by atoms with van der Waals surface area (Å²) in [5, 5.41) is 0. The maximum atomic E-state index is 4.22. The average molecular weight is 220 g/mol. The molecule has 0 aromatic rings. The zero-order valence-electron chi connectivity index (χ0n) is 12.2. The molecule has 1 unspecified atom stereocenters. The van der Waals surface area contributed by atoms with Gasteiger partial charge in [-0.1, -0.05) is 72.1 Å². The van der Waals surface area contributed by atoms with Crippen molar-refractivity contribution in [1.29, 1.82) is 0 Å². The van der Waals surface area contributed by atoms with Crippen LogP contribution >= 0.6 is 0 Å². The number of hydrogen-bond acceptors (Lipinski definition) is 0. The van der Waals surface area contributed by atoms with E-state index in [1.165, 1.54) is 44.0 Å². The van der Waals surface area contributed by atoms with E-state index in [9.17, 15) is 0 Å². The van der Waals surface area contributed by atoms with Gasteiger partial charge in [0, 0.05) is 0 Å². The van der Waals surface area contributed by atoms with E-state index >= 15 is 0 Å². The van der Waals surface area contributed by atoms with Crippen molar-refractivity contribution < 1.29 is 0 Å². The summed E-state index contributed by atoms with van der Waals surface area (Å²) >= 11 is 0. The minimum absolute atomic E-state index is 0.650. The normalized spacial score (nSPS) is 12.3. The third-order valence-electron chi connectivity index (χ3n) is 3.71. The molecule has 0 saturated heterocycles. The monoisotopic (exact) mass is 220 g/mol. The van der Waals surface area contributed by atoms with E-state index in [0.29, 0.717) is 6.71 Å². The van der Waals surface area contributed by atoms with Gasteiger partial charge in [0.25, 0.3) is 0 Å². The third-order valence-corrected chi connectivity index (χ3v) is 3.71. The minimum Gasteiger partial charge on any atom is -0.109 e. The number of allylic oxidation sites excluding steroid dienone is 1. The molecule has 2 heteroatoms. The Morgan fingerprint density at radius 1 is 1.06 bits per heavy atom. The molecule has 1 atom stereocenters. The predicted octanol–water partition coefficient (Wildman–Crippen LogP) is 5.32. The van der Waals surface area contributed by atoms with Gasteiger partial charge in [-0.05, 0) is 6.42 Å². The summed E-state index contributed by atoms with van der Waals surface area (Å²) in [4.78, 5) is 0. The van der Waals surface area contributed by atoms with Gasteiger partial charge in [0.05, 0.1) is 0 Å². The molecular formula is C14H30B2. The van der Waals surface area contributed by atoms with Gasteiger partial charge in [-0.15, -0.1) is 12.1 Å². The molecule has 0 heterocycles. The molecule has 16 heavy (non-hydrogen) atoms. The first-order valence-electron chi connectivity index (χ1n) is 7.16. The Morgan fingerprint density at radius 2 is 1.69 bits per heavy atom. The number of rotatable bonds is 9. The topological polar surface area (TPSA) is 0 Å². The van der Waals surface area contributed by atoms with Crippen molar-refractivity contribution in [3.05, 3.63) is 12.1 Å². The first kappa shape index (κ1) is 15.9. The van der Waals surface area contributed by atoms with Crippen LogP contribution in [0.1, 0.15) is 45.4 Å². The van der Waals surface area contributed by atoms with Gasteiger partial charge in [-0.25, -0.2) is 0 Å². The van der Waals surface area contributed by atoms with E-state index in [1.54, 1.807) is 0 Å². The molecular weight excluding hydrogens is 190 g/mol. The fourth-order valence-electron chi connectivity index (χ4n) is 2.08. The van der Waals surface area contributed by atoms with Gasteiger partial charge in [-0.2, -0.15) is 0 Å². The zero-order chi connectivity index (χ0) is 12.6. The lowest BCUT2D eigenvalue weighted by atomic mass is 9.39. The van der Waals surface area contributed by atoms with Crippen LogP contribution < -0.4 is 0 Å². The molecule has 0 aromatic heterocycles. The second kappa shape index (κ2) is 8.96. The lowest BCUT2D eigenvalue weighted by Crippen LogP contribution is -2.16. The molecule has 0 radical (unpaired) electrons. The highest BCUT2D eigenvalue weighted by atomic mass is 14.0. The fraction of sp³-hybridized carbons (Fsp3) is 0.857. The molecule has 0 aliphatic rings. The fourth-order valence-corrected chi connectivity index (χ4v) is 2.08. The maximum absolute atomic E-state index is 4.22. The summed E-state index contributed by atoms with van der Waals surface area (Å²) in [7, 11) is 0. The van der Waals surface area contributed by atoms with E-state index in [-0.39, 0.29) is 0 Å². The first-order chi connectivity index (χ1) is 7.49. The molecule has 0 bridgehead atoms. The highest BCUT2D eigenvalue weighted by molar-refractivity contribution is 6.64. The second-order valence-corrected chi connectivity index (χ2v) is 5.87. The molecule has 0 N–H and O–H groups in total. The lowest BCUT2D eigenvalue weighted by Gasteiger charge is -2.21. The van der Waals surface area contributed by atoms with E-state index in [4.69, 9.17) is 0 Å².